The van der Waals surface area contributed by atoms with E-state index in [0.29, 0.717) is 30.1 Å². The Hall–Kier alpha value is -3.06. The van der Waals surface area contributed by atoms with Gasteiger partial charge in [-0.25, -0.2) is 4.39 Å². The molecule has 1 unspecified atom stereocenters. The maximum absolute atomic E-state index is 15.5. The first-order chi connectivity index (χ1) is 17.5. The minimum Gasteiger partial charge on any atom is -0.497 e. The molecule has 0 bridgehead atoms. The number of likely N-dealkylation sites (tertiary alicyclic amines) is 1. The van der Waals surface area contributed by atoms with Gasteiger partial charge in [0.05, 0.1) is 12.6 Å². The van der Waals surface area contributed by atoms with Crippen LogP contribution in [-0.2, 0) is 11.2 Å². The van der Waals surface area contributed by atoms with E-state index in [4.69, 9.17) is 4.74 Å². The van der Waals surface area contributed by atoms with Crippen molar-refractivity contribution in [2.45, 2.75) is 51.1 Å². The number of fused-ring (bicyclic) bond motifs is 1. The first kappa shape index (κ1) is 26.0. The minimum atomic E-state index is -1.10. The van der Waals surface area contributed by atoms with Crippen molar-refractivity contribution in [3.63, 3.8) is 0 Å². The lowest BCUT2D eigenvalue weighted by Crippen LogP contribution is -2.41. The molecular formula is C29H36FN3O3. The Kier molecular flexibility index (Phi) is 9.23. The Labute approximate surface area is 212 Å². The predicted molar refractivity (Wildman–Crippen MR) is 139 cm³/mol. The molecule has 1 saturated heterocycles. The van der Waals surface area contributed by atoms with Gasteiger partial charge < -0.3 is 14.7 Å². The Morgan fingerprint density at radius 3 is 2.83 bits per heavy atom. The summed E-state index contributed by atoms with van der Waals surface area (Å²) < 4.78 is 20.9. The predicted octanol–water partition coefficient (Wildman–Crippen LogP) is 5.86. The SMILES string of the molecule is COc1ccc2nccc(C(F)CC[C@@H]3CCN(CCCc4ccccn4)C[C@@H]3CCC(=O)O)c2c1. The Morgan fingerprint density at radius 1 is 1.17 bits per heavy atom. The summed E-state index contributed by atoms with van der Waals surface area (Å²) in [7, 11) is 1.60. The minimum absolute atomic E-state index is 0.163. The van der Waals surface area contributed by atoms with Gasteiger partial charge in [0.1, 0.15) is 11.9 Å². The number of hydrogen-bond acceptors (Lipinski definition) is 5. The van der Waals surface area contributed by atoms with Crippen LogP contribution in [0.5, 0.6) is 5.75 Å². The number of ether oxygens (including phenoxy) is 1. The van der Waals surface area contributed by atoms with Crippen molar-refractivity contribution in [2.24, 2.45) is 11.8 Å². The number of carboxylic acids is 1. The van der Waals surface area contributed by atoms with Crippen LogP contribution in [0.2, 0.25) is 0 Å². The third-order valence-electron chi connectivity index (χ3n) is 7.45. The summed E-state index contributed by atoms with van der Waals surface area (Å²) in [4.78, 5) is 22.5. The van der Waals surface area contributed by atoms with Crippen LogP contribution in [-0.4, -0.2) is 52.7 Å². The molecular weight excluding hydrogens is 457 g/mol. The van der Waals surface area contributed by atoms with Crippen LogP contribution in [0, 0.1) is 11.8 Å². The van der Waals surface area contributed by atoms with Crippen LogP contribution in [0.25, 0.3) is 10.9 Å². The van der Waals surface area contributed by atoms with Gasteiger partial charge in [0, 0.05) is 36.4 Å². The van der Waals surface area contributed by atoms with Crippen molar-refractivity contribution >= 4 is 16.9 Å². The molecule has 7 heteroatoms. The number of halogens is 1. The van der Waals surface area contributed by atoms with Crippen molar-refractivity contribution in [3.8, 4) is 5.75 Å². The third kappa shape index (κ3) is 7.00. The van der Waals surface area contributed by atoms with Gasteiger partial charge in [-0.1, -0.05) is 6.07 Å². The summed E-state index contributed by atoms with van der Waals surface area (Å²) >= 11 is 0. The lowest BCUT2D eigenvalue weighted by Gasteiger charge is -2.39. The Morgan fingerprint density at radius 2 is 2.06 bits per heavy atom. The van der Waals surface area contributed by atoms with E-state index in [1.165, 1.54) is 0 Å². The molecule has 3 heterocycles. The van der Waals surface area contributed by atoms with E-state index in [1.54, 1.807) is 19.4 Å². The van der Waals surface area contributed by atoms with Crippen LogP contribution in [0.4, 0.5) is 4.39 Å². The second-order valence-corrected chi connectivity index (χ2v) is 9.79. The number of aliphatic carboxylic acids is 1. The molecule has 3 aromatic rings. The number of pyridine rings is 2. The number of nitrogens with zero attached hydrogens (tertiary/aromatic N) is 3. The van der Waals surface area contributed by atoms with Crippen molar-refractivity contribution < 1.29 is 19.0 Å². The van der Waals surface area contributed by atoms with Crippen molar-refractivity contribution in [1.82, 2.24) is 14.9 Å². The first-order valence-corrected chi connectivity index (χ1v) is 12.9. The molecule has 1 aliphatic heterocycles. The Balaban J connectivity index is 1.35. The number of benzene rings is 1. The quantitative estimate of drug-likeness (QED) is 0.340. The lowest BCUT2D eigenvalue weighted by atomic mass is 9.79. The summed E-state index contributed by atoms with van der Waals surface area (Å²) in [5, 5.41) is 10.1. The van der Waals surface area contributed by atoms with E-state index in [1.807, 2.05) is 36.5 Å². The highest BCUT2D eigenvalue weighted by Crippen LogP contribution is 2.36. The first-order valence-electron chi connectivity index (χ1n) is 12.9. The number of alkyl halides is 1. The summed E-state index contributed by atoms with van der Waals surface area (Å²) in [5.74, 6) is 0.526. The molecule has 2 aromatic heterocycles. The number of hydrogen-bond donors (Lipinski definition) is 1. The van der Waals surface area contributed by atoms with E-state index in [0.717, 1.165) is 61.9 Å². The molecule has 0 spiro atoms. The molecule has 192 valence electrons. The number of aryl methyl sites for hydroxylation is 1. The molecule has 1 N–H and O–H groups in total. The van der Waals surface area contributed by atoms with Gasteiger partial charge in [-0.2, -0.15) is 0 Å². The normalized spacial score (nSPS) is 19.3. The largest absolute Gasteiger partial charge is 0.497 e. The zero-order chi connectivity index (χ0) is 25.3. The van der Waals surface area contributed by atoms with E-state index in [9.17, 15) is 9.90 Å². The van der Waals surface area contributed by atoms with Crippen LogP contribution >= 0.6 is 0 Å². The maximum Gasteiger partial charge on any atom is 0.303 e. The van der Waals surface area contributed by atoms with Gasteiger partial charge in [-0.05, 0) is 105 Å². The number of piperidine rings is 1. The van der Waals surface area contributed by atoms with Crippen LogP contribution in [0.15, 0.2) is 54.9 Å². The molecule has 1 aromatic carbocycles. The topological polar surface area (TPSA) is 75.5 Å². The van der Waals surface area contributed by atoms with Crippen LogP contribution in [0.1, 0.15) is 56.0 Å². The molecule has 3 atom stereocenters. The standard InChI is InChI=1S/C29H36FN3O3/c1-36-24-9-11-28-26(19-24)25(13-16-32-28)27(30)10-7-21-14-18-33(20-22(21)8-12-29(34)35)17-4-6-23-5-2-3-15-31-23/h2-3,5,9,11,13,15-16,19,21-22,27H,4,6-8,10,12,14,17-18,20H2,1H3,(H,34,35)/t21-,22+,27?/m1/s1. The molecule has 0 aliphatic carbocycles. The van der Waals surface area contributed by atoms with Gasteiger partial charge in [-0.15, -0.1) is 0 Å². The van der Waals surface area contributed by atoms with Gasteiger partial charge >= 0.3 is 5.97 Å². The van der Waals surface area contributed by atoms with E-state index in [2.05, 4.69) is 20.9 Å². The molecule has 1 fully saturated rings. The van der Waals surface area contributed by atoms with Crippen molar-refractivity contribution in [1.29, 1.82) is 0 Å². The zero-order valence-corrected chi connectivity index (χ0v) is 21.0. The smallest absolute Gasteiger partial charge is 0.303 e. The van der Waals surface area contributed by atoms with E-state index in [-0.39, 0.29) is 12.3 Å². The van der Waals surface area contributed by atoms with Gasteiger partial charge in [0.15, 0.2) is 0 Å². The molecule has 1 aliphatic rings. The third-order valence-corrected chi connectivity index (χ3v) is 7.45. The fourth-order valence-electron chi connectivity index (χ4n) is 5.47. The molecule has 6 nitrogen and oxygen atoms in total. The fraction of sp³-hybridized carbons (Fsp3) is 0.483. The van der Waals surface area contributed by atoms with Crippen LogP contribution < -0.4 is 4.74 Å². The molecule has 0 amide bonds. The highest BCUT2D eigenvalue weighted by Gasteiger charge is 2.30. The zero-order valence-electron chi connectivity index (χ0n) is 21.0. The molecule has 36 heavy (non-hydrogen) atoms. The van der Waals surface area contributed by atoms with Crippen LogP contribution in [0.3, 0.4) is 0 Å². The number of carboxylic acid groups (broad SMARTS) is 1. The van der Waals surface area contributed by atoms with E-state index >= 15 is 4.39 Å². The number of carbonyl (C=O) groups is 1. The van der Waals surface area contributed by atoms with E-state index < -0.39 is 12.1 Å². The van der Waals surface area contributed by atoms with Gasteiger partial charge in [0.2, 0.25) is 0 Å². The molecule has 0 radical (unpaired) electrons. The maximum atomic E-state index is 15.5. The second-order valence-electron chi connectivity index (χ2n) is 9.79. The number of rotatable bonds is 12. The Bertz CT molecular complexity index is 1130. The van der Waals surface area contributed by atoms with Gasteiger partial charge in [-0.3, -0.25) is 14.8 Å². The number of aromatic nitrogens is 2. The van der Waals surface area contributed by atoms with Crippen molar-refractivity contribution in [3.05, 3.63) is 66.1 Å². The highest BCUT2D eigenvalue weighted by atomic mass is 19.1. The average molecular weight is 494 g/mol. The highest BCUT2D eigenvalue weighted by molar-refractivity contribution is 5.83. The molecule has 4 rings (SSSR count). The monoisotopic (exact) mass is 493 g/mol. The molecule has 0 saturated carbocycles. The summed E-state index contributed by atoms with van der Waals surface area (Å²) in [6.45, 7) is 2.83. The summed E-state index contributed by atoms with van der Waals surface area (Å²) in [6, 6.07) is 13.3. The average Bonchev–Trinajstić information content (AvgIpc) is 2.91. The second kappa shape index (κ2) is 12.8. The van der Waals surface area contributed by atoms with Crippen molar-refractivity contribution in [2.75, 3.05) is 26.7 Å². The number of methoxy groups -OCH3 is 1. The summed E-state index contributed by atoms with van der Waals surface area (Å²) in [5.41, 5.74) is 2.51. The fourth-order valence-corrected chi connectivity index (χ4v) is 5.47. The lowest BCUT2D eigenvalue weighted by molar-refractivity contribution is -0.137. The van der Waals surface area contributed by atoms with Gasteiger partial charge in [0.25, 0.3) is 0 Å². The summed E-state index contributed by atoms with van der Waals surface area (Å²) in [6.07, 6.45) is 7.31.